The van der Waals surface area contributed by atoms with Gasteiger partial charge >= 0.3 is 6.18 Å². The highest BCUT2D eigenvalue weighted by Gasteiger charge is 2.30. The number of carbonyl (C=O) groups excluding carboxylic acids is 1. The van der Waals surface area contributed by atoms with E-state index in [4.69, 9.17) is 0 Å². The zero-order valence-corrected chi connectivity index (χ0v) is 14.5. The number of piperidine rings is 1. The summed E-state index contributed by atoms with van der Waals surface area (Å²) in [6.45, 7) is -0.781. The Bertz CT molecular complexity index is 714. The maximum atomic E-state index is 12.7. The molecular formula is C15H20F3N3O3S. The summed E-state index contributed by atoms with van der Waals surface area (Å²) in [5.74, 6) is -0.969. The molecule has 1 aromatic rings. The van der Waals surface area contributed by atoms with Crippen LogP contribution in [0.3, 0.4) is 0 Å². The average Bonchev–Trinajstić information content (AvgIpc) is 2.59. The average molecular weight is 379 g/mol. The van der Waals surface area contributed by atoms with Crippen LogP contribution in [0.5, 0.6) is 0 Å². The Morgan fingerprint density at radius 1 is 1.28 bits per heavy atom. The van der Waals surface area contributed by atoms with Crippen LogP contribution in [0.1, 0.15) is 23.2 Å². The van der Waals surface area contributed by atoms with E-state index < -0.39 is 28.7 Å². The SMILES string of the molecule is CNC1CCN(S(=O)(=O)c2cccc(C(=O)NCC(F)(F)F)c2)CC1. The van der Waals surface area contributed by atoms with E-state index in [-0.39, 0.29) is 16.5 Å². The molecule has 140 valence electrons. The lowest BCUT2D eigenvalue weighted by Gasteiger charge is -2.31. The third kappa shape index (κ3) is 5.16. The molecule has 1 fully saturated rings. The first kappa shape index (κ1) is 19.7. The van der Waals surface area contributed by atoms with Crippen LogP contribution in [-0.4, -0.2) is 57.5 Å². The second-order valence-electron chi connectivity index (χ2n) is 5.79. The first-order valence-electron chi connectivity index (χ1n) is 7.76. The molecule has 1 saturated heterocycles. The monoisotopic (exact) mass is 379 g/mol. The van der Waals surface area contributed by atoms with Crippen LogP contribution in [0.15, 0.2) is 29.2 Å². The molecule has 2 N–H and O–H groups in total. The molecular weight excluding hydrogens is 359 g/mol. The maximum Gasteiger partial charge on any atom is 0.405 e. The van der Waals surface area contributed by atoms with Crippen LogP contribution in [0.4, 0.5) is 13.2 Å². The fraction of sp³-hybridized carbons (Fsp3) is 0.533. The summed E-state index contributed by atoms with van der Waals surface area (Å²) in [6, 6.07) is 5.31. The lowest BCUT2D eigenvalue weighted by Crippen LogP contribution is -2.43. The number of rotatable bonds is 5. The Balaban J connectivity index is 2.13. The molecule has 1 aliphatic heterocycles. The van der Waals surface area contributed by atoms with Crippen LogP contribution in [0.2, 0.25) is 0 Å². The largest absolute Gasteiger partial charge is 0.405 e. The topological polar surface area (TPSA) is 78.5 Å². The highest BCUT2D eigenvalue weighted by Crippen LogP contribution is 2.22. The van der Waals surface area contributed by atoms with Gasteiger partial charge in [0.05, 0.1) is 4.90 Å². The first-order chi connectivity index (χ1) is 11.6. The van der Waals surface area contributed by atoms with Gasteiger partial charge in [0.2, 0.25) is 10.0 Å². The Morgan fingerprint density at radius 2 is 1.92 bits per heavy atom. The first-order valence-corrected chi connectivity index (χ1v) is 9.20. The molecule has 1 heterocycles. The number of nitrogens with one attached hydrogen (secondary N) is 2. The molecule has 0 atom stereocenters. The van der Waals surface area contributed by atoms with Crippen LogP contribution >= 0.6 is 0 Å². The van der Waals surface area contributed by atoms with Gasteiger partial charge in [0.25, 0.3) is 5.91 Å². The summed E-state index contributed by atoms with van der Waals surface area (Å²) in [6.07, 6.45) is -3.19. The van der Waals surface area contributed by atoms with E-state index in [1.165, 1.54) is 22.5 Å². The summed E-state index contributed by atoms with van der Waals surface area (Å²) in [7, 11) is -1.97. The number of carbonyl (C=O) groups is 1. The quantitative estimate of drug-likeness (QED) is 0.810. The Kier molecular flexibility index (Phi) is 6.07. The normalized spacial score (nSPS) is 17.4. The minimum atomic E-state index is -4.53. The molecule has 0 bridgehead atoms. The number of alkyl halides is 3. The number of nitrogens with zero attached hydrogens (tertiary/aromatic N) is 1. The highest BCUT2D eigenvalue weighted by atomic mass is 32.2. The predicted octanol–water partition coefficient (Wildman–Crippen LogP) is 1.35. The minimum absolute atomic E-state index is 0.102. The van der Waals surface area contributed by atoms with Gasteiger partial charge in [-0.05, 0) is 38.1 Å². The van der Waals surface area contributed by atoms with Crippen molar-refractivity contribution >= 4 is 15.9 Å². The van der Waals surface area contributed by atoms with Crippen molar-refractivity contribution in [1.82, 2.24) is 14.9 Å². The van der Waals surface area contributed by atoms with Gasteiger partial charge in [-0.15, -0.1) is 0 Å². The summed E-state index contributed by atoms with van der Waals surface area (Å²) < 4.78 is 63.2. The molecule has 10 heteroatoms. The zero-order chi connectivity index (χ0) is 18.7. The van der Waals surface area contributed by atoms with Crippen molar-refractivity contribution in [3.8, 4) is 0 Å². The lowest BCUT2D eigenvalue weighted by molar-refractivity contribution is -0.123. The second-order valence-corrected chi connectivity index (χ2v) is 7.73. The number of hydrogen-bond acceptors (Lipinski definition) is 4. The van der Waals surface area contributed by atoms with Gasteiger partial charge in [-0.25, -0.2) is 8.42 Å². The van der Waals surface area contributed by atoms with Crippen LogP contribution in [-0.2, 0) is 10.0 Å². The number of halogens is 3. The summed E-state index contributed by atoms with van der Waals surface area (Å²) in [5, 5.41) is 4.83. The lowest BCUT2D eigenvalue weighted by atomic mass is 10.1. The molecule has 0 aliphatic carbocycles. The molecule has 0 aromatic heterocycles. The molecule has 0 unspecified atom stereocenters. The number of sulfonamides is 1. The van der Waals surface area contributed by atoms with Gasteiger partial charge in [-0.1, -0.05) is 6.07 Å². The van der Waals surface area contributed by atoms with Crippen LogP contribution < -0.4 is 10.6 Å². The molecule has 6 nitrogen and oxygen atoms in total. The molecule has 0 spiro atoms. The maximum absolute atomic E-state index is 12.7. The molecule has 0 radical (unpaired) electrons. The van der Waals surface area contributed by atoms with E-state index >= 15 is 0 Å². The van der Waals surface area contributed by atoms with Crippen LogP contribution in [0, 0.1) is 0 Å². The molecule has 1 aliphatic rings. The standard InChI is InChI=1S/C15H20F3N3O3S/c1-19-12-5-7-21(8-6-12)25(23,24)13-4-2-3-11(9-13)14(22)20-10-15(16,17)18/h2-4,9,12,19H,5-8,10H2,1H3,(H,20,22). The molecule has 1 amide bonds. The van der Waals surface area contributed by atoms with E-state index in [0.717, 1.165) is 6.07 Å². The fourth-order valence-corrected chi connectivity index (χ4v) is 4.13. The molecule has 2 rings (SSSR count). The van der Waals surface area contributed by atoms with Crippen molar-refractivity contribution in [2.24, 2.45) is 0 Å². The smallest absolute Gasteiger partial charge is 0.343 e. The van der Waals surface area contributed by atoms with Gasteiger partial charge in [-0.3, -0.25) is 4.79 Å². The number of benzene rings is 1. The van der Waals surface area contributed by atoms with Gasteiger partial charge in [0, 0.05) is 24.7 Å². The van der Waals surface area contributed by atoms with Crippen molar-refractivity contribution in [2.75, 3.05) is 26.7 Å². The van der Waals surface area contributed by atoms with Crippen molar-refractivity contribution in [1.29, 1.82) is 0 Å². The molecule has 25 heavy (non-hydrogen) atoms. The third-order valence-corrected chi connectivity index (χ3v) is 5.94. The highest BCUT2D eigenvalue weighted by molar-refractivity contribution is 7.89. The summed E-state index contributed by atoms with van der Waals surface area (Å²) >= 11 is 0. The third-order valence-electron chi connectivity index (χ3n) is 4.05. The Morgan fingerprint density at radius 3 is 2.48 bits per heavy atom. The van der Waals surface area contributed by atoms with E-state index in [9.17, 15) is 26.4 Å². The minimum Gasteiger partial charge on any atom is -0.343 e. The number of hydrogen-bond donors (Lipinski definition) is 2. The Labute approximate surface area is 144 Å². The van der Waals surface area contributed by atoms with E-state index in [1.807, 2.05) is 7.05 Å². The van der Waals surface area contributed by atoms with E-state index in [2.05, 4.69) is 5.32 Å². The van der Waals surface area contributed by atoms with E-state index in [1.54, 1.807) is 5.32 Å². The predicted molar refractivity (Wildman–Crippen MR) is 85.7 cm³/mol. The van der Waals surface area contributed by atoms with Crippen molar-refractivity contribution in [2.45, 2.75) is 30.0 Å². The molecule has 1 aromatic carbocycles. The zero-order valence-electron chi connectivity index (χ0n) is 13.6. The van der Waals surface area contributed by atoms with Crippen molar-refractivity contribution in [3.05, 3.63) is 29.8 Å². The van der Waals surface area contributed by atoms with Crippen LogP contribution in [0.25, 0.3) is 0 Å². The number of amides is 1. The van der Waals surface area contributed by atoms with Gasteiger partial charge < -0.3 is 10.6 Å². The second kappa shape index (κ2) is 7.71. The Hall–Kier alpha value is -1.65. The summed E-state index contributed by atoms with van der Waals surface area (Å²) in [5.41, 5.74) is -0.129. The van der Waals surface area contributed by atoms with Gasteiger partial charge in [-0.2, -0.15) is 17.5 Å². The molecule has 0 saturated carbocycles. The van der Waals surface area contributed by atoms with E-state index in [0.29, 0.717) is 25.9 Å². The summed E-state index contributed by atoms with van der Waals surface area (Å²) in [4.78, 5) is 11.7. The van der Waals surface area contributed by atoms with Gasteiger partial charge in [0.1, 0.15) is 6.54 Å². The van der Waals surface area contributed by atoms with Crippen molar-refractivity contribution < 1.29 is 26.4 Å². The van der Waals surface area contributed by atoms with Gasteiger partial charge in [0.15, 0.2) is 0 Å². The fourth-order valence-electron chi connectivity index (χ4n) is 2.61. The van der Waals surface area contributed by atoms with Crippen molar-refractivity contribution in [3.63, 3.8) is 0 Å².